The summed E-state index contributed by atoms with van der Waals surface area (Å²) in [6.45, 7) is 0. The SMILES string of the molecule is O=C1C2=C(C(=O)c3ccccc31)[C@]1(CS2)NC(=O)[C@H](Cc2cn(C(c3ccccc3)(c3ccccc3)c3ccccc3)cn2)NC1=O. The van der Waals surface area contributed by atoms with Gasteiger partial charge in [-0.1, -0.05) is 115 Å². The van der Waals surface area contributed by atoms with E-state index in [1.54, 1.807) is 30.6 Å². The minimum atomic E-state index is -1.61. The third kappa shape index (κ3) is 4.34. The fourth-order valence-electron chi connectivity index (χ4n) is 7.10. The molecule has 1 aliphatic carbocycles. The highest BCUT2D eigenvalue weighted by atomic mass is 32.2. The zero-order chi connectivity index (χ0) is 32.2. The van der Waals surface area contributed by atoms with Crippen molar-refractivity contribution in [1.82, 2.24) is 20.2 Å². The molecule has 5 aromatic rings. The Morgan fingerprint density at radius 1 is 0.745 bits per heavy atom. The highest BCUT2D eigenvalue weighted by Crippen LogP contribution is 2.46. The van der Waals surface area contributed by atoms with E-state index in [0.717, 1.165) is 28.5 Å². The normalized spacial score (nSPS) is 20.6. The number of Topliss-reactive ketones (excluding diaryl/α,β-unsaturated/α-hetero) is 2. The van der Waals surface area contributed by atoms with Gasteiger partial charge in [0.2, 0.25) is 11.7 Å². The molecule has 2 N–H and O–H groups in total. The summed E-state index contributed by atoms with van der Waals surface area (Å²) < 4.78 is 2.06. The van der Waals surface area contributed by atoms with Gasteiger partial charge < -0.3 is 15.2 Å². The molecule has 1 fully saturated rings. The van der Waals surface area contributed by atoms with E-state index in [9.17, 15) is 19.2 Å². The van der Waals surface area contributed by atoms with Crippen LogP contribution in [0.5, 0.6) is 0 Å². The predicted octanol–water partition coefficient (Wildman–Crippen LogP) is 4.70. The quantitative estimate of drug-likeness (QED) is 0.262. The first-order chi connectivity index (χ1) is 22.9. The van der Waals surface area contributed by atoms with Crippen molar-refractivity contribution >= 4 is 35.1 Å². The van der Waals surface area contributed by atoms with Crippen molar-refractivity contribution in [1.29, 1.82) is 0 Å². The predicted molar refractivity (Wildman–Crippen MR) is 178 cm³/mol. The van der Waals surface area contributed by atoms with E-state index >= 15 is 0 Å². The number of allylic oxidation sites excluding steroid dienone is 1. The molecule has 4 aromatic carbocycles. The van der Waals surface area contributed by atoms with E-state index in [1.807, 2.05) is 60.8 Å². The van der Waals surface area contributed by atoms with Gasteiger partial charge >= 0.3 is 0 Å². The van der Waals surface area contributed by atoms with E-state index < -0.39 is 34.7 Å². The van der Waals surface area contributed by atoms with E-state index in [1.165, 1.54) is 0 Å². The Balaban J connectivity index is 1.13. The number of rotatable bonds is 6. The summed E-state index contributed by atoms with van der Waals surface area (Å²) in [5.41, 5.74) is 1.92. The number of benzene rings is 4. The van der Waals surface area contributed by atoms with Crippen molar-refractivity contribution in [3.05, 3.63) is 172 Å². The van der Waals surface area contributed by atoms with Crippen molar-refractivity contribution in [3.8, 4) is 0 Å². The number of nitrogens with zero attached hydrogens (tertiary/aromatic N) is 2. The molecule has 8 rings (SSSR count). The van der Waals surface area contributed by atoms with Crippen LogP contribution in [-0.2, 0) is 21.5 Å². The minimum Gasteiger partial charge on any atom is -0.342 e. The van der Waals surface area contributed by atoms with Gasteiger partial charge in [0.15, 0.2) is 11.3 Å². The van der Waals surface area contributed by atoms with Crippen molar-refractivity contribution in [2.75, 3.05) is 5.75 Å². The zero-order valence-corrected chi connectivity index (χ0v) is 25.9. The number of thioether (sulfide) groups is 1. The molecule has 0 unspecified atom stereocenters. The Labute approximate surface area is 274 Å². The minimum absolute atomic E-state index is 0.0538. The molecule has 1 saturated heterocycles. The van der Waals surface area contributed by atoms with Crippen molar-refractivity contribution in [2.45, 2.75) is 23.5 Å². The number of hydrogen-bond acceptors (Lipinski definition) is 6. The number of hydrogen-bond donors (Lipinski definition) is 2. The van der Waals surface area contributed by atoms with Crippen LogP contribution in [0.2, 0.25) is 0 Å². The molecule has 2 aliphatic heterocycles. The lowest BCUT2D eigenvalue weighted by molar-refractivity contribution is -0.139. The first-order valence-electron chi connectivity index (χ1n) is 15.3. The second-order valence-corrected chi connectivity index (χ2v) is 12.9. The molecule has 2 amide bonds. The van der Waals surface area contributed by atoms with Crippen LogP contribution in [0.4, 0.5) is 0 Å². The van der Waals surface area contributed by atoms with Crippen LogP contribution in [0.3, 0.4) is 0 Å². The molecule has 3 heterocycles. The van der Waals surface area contributed by atoms with Gasteiger partial charge in [-0.3, -0.25) is 19.2 Å². The van der Waals surface area contributed by atoms with Gasteiger partial charge in [-0.25, -0.2) is 4.98 Å². The van der Waals surface area contributed by atoms with Gasteiger partial charge in [0.25, 0.3) is 5.91 Å². The summed E-state index contributed by atoms with van der Waals surface area (Å²) in [6.07, 6.45) is 3.81. The lowest BCUT2D eigenvalue weighted by Gasteiger charge is -2.38. The van der Waals surface area contributed by atoms with Crippen LogP contribution >= 0.6 is 11.8 Å². The summed E-state index contributed by atoms with van der Waals surface area (Å²) in [7, 11) is 0. The maximum Gasteiger partial charge on any atom is 0.252 e. The second kappa shape index (κ2) is 11.1. The standard InChI is InChI=1S/C38H28N4O4S/c43-32-28-18-10-11-19-29(28)33(44)34-31(32)37(22-47-34)36(46)40-30(35(45)41-37)20-27-21-42(23-39-27)38(24-12-4-1-5-13-24,25-14-6-2-7-15-25)26-16-8-3-9-17-26/h1-19,21,23,30H,20,22H2,(H,40,46)(H,41,45)/t30-,37-/m0/s1. The largest absolute Gasteiger partial charge is 0.342 e. The smallest absolute Gasteiger partial charge is 0.252 e. The number of nitrogens with one attached hydrogen (secondary N) is 2. The van der Waals surface area contributed by atoms with Gasteiger partial charge in [-0.2, -0.15) is 0 Å². The lowest BCUT2D eigenvalue weighted by atomic mass is 9.76. The highest BCUT2D eigenvalue weighted by molar-refractivity contribution is 8.04. The first kappa shape index (κ1) is 28.9. The van der Waals surface area contributed by atoms with Crippen LogP contribution in [-0.4, -0.2) is 50.3 Å². The average molecular weight is 637 g/mol. The zero-order valence-electron chi connectivity index (χ0n) is 25.1. The number of aromatic nitrogens is 2. The summed E-state index contributed by atoms with van der Waals surface area (Å²) in [4.78, 5) is 59.4. The number of fused-ring (bicyclic) bond motifs is 2. The lowest BCUT2D eigenvalue weighted by Crippen LogP contribution is -2.71. The van der Waals surface area contributed by atoms with Gasteiger partial charge in [0, 0.05) is 29.5 Å². The van der Waals surface area contributed by atoms with E-state index in [4.69, 9.17) is 4.98 Å². The third-order valence-electron chi connectivity index (χ3n) is 9.29. The number of carbonyl (C=O) groups excluding carboxylic acids is 4. The highest BCUT2D eigenvalue weighted by Gasteiger charge is 2.58. The maximum atomic E-state index is 13.8. The van der Waals surface area contributed by atoms with Gasteiger partial charge in [-0.05, 0) is 16.7 Å². The fourth-order valence-corrected chi connectivity index (χ4v) is 8.46. The fraction of sp³-hybridized carbons (Fsp3) is 0.132. The van der Waals surface area contributed by atoms with Gasteiger partial charge in [0.1, 0.15) is 11.6 Å². The topological polar surface area (TPSA) is 110 Å². The average Bonchev–Trinajstić information content (AvgIpc) is 3.74. The summed E-state index contributed by atoms with van der Waals surface area (Å²) in [5.74, 6) is -1.59. The van der Waals surface area contributed by atoms with Crippen molar-refractivity contribution < 1.29 is 19.2 Å². The van der Waals surface area contributed by atoms with Crippen LogP contribution in [0.1, 0.15) is 43.1 Å². The molecule has 0 radical (unpaired) electrons. The summed E-state index contributed by atoms with van der Waals surface area (Å²) in [5, 5.41) is 5.74. The molecule has 8 nitrogen and oxygen atoms in total. The monoisotopic (exact) mass is 636 g/mol. The molecule has 1 spiro atoms. The van der Waals surface area contributed by atoms with Crippen molar-refractivity contribution in [2.24, 2.45) is 0 Å². The van der Waals surface area contributed by atoms with Crippen LogP contribution < -0.4 is 10.6 Å². The number of amides is 2. The molecule has 3 aliphatic rings. The van der Waals surface area contributed by atoms with Gasteiger partial charge in [-0.15, -0.1) is 11.8 Å². The first-order valence-corrected chi connectivity index (χ1v) is 16.3. The number of imidazole rings is 1. The van der Waals surface area contributed by atoms with Crippen molar-refractivity contribution in [3.63, 3.8) is 0 Å². The molecule has 9 heteroatoms. The molecule has 2 atom stereocenters. The molecule has 0 saturated carbocycles. The summed E-state index contributed by atoms with van der Waals surface area (Å²) >= 11 is 1.14. The van der Waals surface area contributed by atoms with Crippen LogP contribution in [0.25, 0.3) is 0 Å². The Morgan fingerprint density at radius 3 is 1.85 bits per heavy atom. The molecular formula is C38H28N4O4S. The van der Waals surface area contributed by atoms with Gasteiger partial charge in [0.05, 0.1) is 22.5 Å². The van der Waals surface area contributed by atoms with E-state index in [2.05, 4.69) is 51.6 Å². The number of piperazine rings is 1. The second-order valence-electron chi connectivity index (χ2n) is 11.9. The molecule has 47 heavy (non-hydrogen) atoms. The Morgan fingerprint density at radius 2 is 1.28 bits per heavy atom. The van der Waals surface area contributed by atoms with E-state index in [0.29, 0.717) is 11.3 Å². The molecule has 1 aromatic heterocycles. The Hall–Kier alpha value is -5.54. The summed E-state index contributed by atoms with van der Waals surface area (Å²) in [6, 6.07) is 36.2. The Bertz CT molecular complexity index is 2010. The molecule has 230 valence electrons. The molecule has 0 bridgehead atoms. The maximum absolute atomic E-state index is 13.8. The Kier molecular flexibility index (Phi) is 6.80. The van der Waals surface area contributed by atoms with Crippen LogP contribution in [0, 0.1) is 0 Å². The molecular weight excluding hydrogens is 609 g/mol. The number of ketones is 2. The van der Waals surface area contributed by atoms with Crippen LogP contribution in [0.15, 0.2) is 138 Å². The van der Waals surface area contributed by atoms with E-state index in [-0.39, 0.29) is 34.0 Å². The number of carbonyl (C=O) groups is 4. The third-order valence-corrected chi connectivity index (χ3v) is 10.5.